The number of hydrogen-bond donors (Lipinski definition) is 2. The zero-order valence-corrected chi connectivity index (χ0v) is 16.7. The fourth-order valence-corrected chi connectivity index (χ4v) is 3.65. The van der Waals surface area contributed by atoms with Crippen LogP contribution >= 0.6 is 0 Å². The second-order valence-corrected chi connectivity index (χ2v) is 6.74. The lowest BCUT2D eigenvalue weighted by atomic mass is 9.91. The van der Waals surface area contributed by atoms with Crippen LogP contribution in [-0.2, 0) is 9.47 Å². The molecule has 0 radical (unpaired) electrons. The highest BCUT2D eigenvalue weighted by Crippen LogP contribution is 2.51. The lowest BCUT2D eigenvalue weighted by Gasteiger charge is -2.20. The maximum atomic E-state index is 10.8. The molecule has 2 N–H and O–H groups in total. The molecule has 0 heterocycles. The van der Waals surface area contributed by atoms with Gasteiger partial charge in [0.1, 0.15) is 0 Å². The molecule has 4 aromatic rings. The van der Waals surface area contributed by atoms with Crippen molar-refractivity contribution in [2.45, 2.75) is 0 Å². The van der Waals surface area contributed by atoms with Gasteiger partial charge in [-0.15, -0.1) is 0 Å². The highest BCUT2D eigenvalue weighted by atomic mass is 16.7. The van der Waals surface area contributed by atoms with Crippen molar-refractivity contribution in [3.63, 3.8) is 0 Å². The number of methoxy groups -OCH3 is 2. The molecule has 0 aromatic heterocycles. The first-order chi connectivity index (χ1) is 14.7. The lowest BCUT2D eigenvalue weighted by molar-refractivity contribution is 0.0483. The Morgan fingerprint density at radius 1 is 0.633 bits per heavy atom. The minimum atomic E-state index is -0.0517. The quantitative estimate of drug-likeness (QED) is 0.419. The minimum Gasteiger partial charge on any atom is -0.504 e. The van der Waals surface area contributed by atoms with Crippen LogP contribution in [0.1, 0.15) is 0 Å². The van der Waals surface area contributed by atoms with Crippen molar-refractivity contribution in [1.29, 1.82) is 0 Å². The van der Waals surface area contributed by atoms with E-state index in [2.05, 4.69) is 0 Å². The number of benzene rings is 4. The molecule has 0 spiro atoms. The number of fused-ring (bicyclic) bond motifs is 2. The molecule has 0 aliphatic rings. The van der Waals surface area contributed by atoms with E-state index in [4.69, 9.17) is 18.9 Å². The molecule has 0 unspecified atom stereocenters. The van der Waals surface area contributed by atoms with Crippen LogP contribution < -0.4 is 9.47 Å². The minimum absolute atomic E-state index is 0.0362. The van der Waals surface area contributed by atoms with Crippen LogP contribution in [0, 0.1) is 0 Å². The number of hydrogen-bond acceptors (Lipinski definition) is 6. The molecule has 154 valence electrons. The molecule has 0 saturated heterocycles. The van der Waals surface area contributed by atoms with E-state index in [9.17, 15) is 10.2 Å². The number of aromatic hydroxyl groups is 2. The van der Waals surface area contributed by atoms with Crippen LogP contribution in [0.25, 0.3) is 32.7 Å². The Morgan fingerprint density at radius 2 is 1.03 bits per heavy atom. The Morgan fingerprint density at radius 3 is 1.43 bits per heavy atom. The first-order valence-electron chi connectivity index (χ1n) is 9.39. The van der Waals surface area contributed by atoms with Crippen LogP contribution in [0.15, 0.2) is 60.7 Å². The molecule has 0 aliphatic heterocycles. The highest BCUT2D eigenvalue weighted by Gasteiger charge is 2.24. The van der Waals surface area contributed by atoms with E-state index in [0.29, 0.717) is 11.1 Å². The molecule has 4 aromatic carbocycles. The first kappa shape index (κ1) is 19.8. The molecule has 0 bridgehead atoms. The predicted octanol–water partition coefficient (Wildman–Crippen LogP) is 5.04. The SMILES string of the molecule is COCOc1c(O)cc2ccccc2c1-c1c(OCOC)c(O)cc2ccccc12. The van der Waals surface area contributed by atoms with Crippen LogP contribution in [0.4, 0.5) is 0 Å². The number of rotatable bonds is 7. The smallest absolute Gasteiger partial charge is 0.188 e. The summed E-state index contributed by atoms with van der Waals surface area (Å²) in [5, 5.41) is 24.9. The van der Waals surface area contributed by atoms with Gasteiger partial charge in [0.25, 0.3) is 0 Å². The lowest BCUT2D eigenvalue weighted by Crippen LogP contribution is -2.04. The van der Waals surface area contributed by atoms with E-state index >= 15 is 0 Å². The summed E-state index contributed by atoms with van der Waals surface area (Å²) in [5.74, 6) is 0.416. The summed E-state index contributed by atoms with van der Waals surface area (Å²) in [7, 11) is 3.02. The summed E-state index contributed by atoms with van der Waals surface area (Å²) in [4.78, 5) is 0. The van der Waals surface area contributed by atoms with Gasteiger partial charge in [0.2, 0.25) is 0 Å². The fourth-order valence-electron chi connectivity index (χ4n) is 3.65. The van der Waals surface area contributed by atoms with Gasteiger partial charge in [-0.1, -0.05) is 48.5 Å². The molecular weight excluding hydrogens is 384 g/mol. The molecular formula is C24H22O6. The second-order valence-electron chi connectivity index (χ2n) is 6.74. The average Bonchev–Trinajstić information content (AvgIpc) is 2.76. The Bertz CT molecular complexity index is 1110. The number of ether oxygens (including phenoxy) is 4. The summed E-state index contributed by atoms with van der Waals surface area (Å²) in [5.41, 5.74) is 1.20. The van der Waals surface area contributed by atoms with Crippen molar-refractivity contribution in [3.8, 4) is 34.1 Å². The zero-order chi connectivity index (χ0) is 21.1. The van der Waals surface area contributed by atoms with Crippen molar-refractivity contribution in [1.82, 2.24) is 0 Å². The predicted molar refractivity (Wildman–Crippen MR) is 115 cm³/mol. The molecule has 6 nitrogen and oxygen atoms in total. The fraction of sp³-hybridized carbons (Fsp3) is 0.167. The van der Waals surface area contributed by atoms with Crippen molar-refractivity contribution < 1.29 is 29.2 Å². The van der Waals surface area contributed by atoms with Crippen LogP contribution in [-0.4, -0.2) is 38.0 Å². The summed E-state index contributed by atoms with van der Waals surface area (Å²) in [6, 6.07) is 18.6. The average molecular weight is 406 g/mol. The van der Waals surface area contributed by atoms with Crippen molar-refractivity contribution >= 4 is 21.5 Å². The van der Waals surface area contributed by atoms with E-state index < -0.39 is 0 Å². The summed E-state index contributed by atoms with van der Waals surface area (Å²) < 4.78 is 21.7. The van der Waals surface area contributed by atoms with Gasteiger partial charge in [-0.25, -0.2) is 0 Å². The summed E-state index contributed by atoms with van der Waals surface area (Å²) in [6.07, 6.45) is 0. The van der Waals surface area contributed by atoms with Gasteiger partial charge in [0, 0.05) is 25.3 Å². The van der Waals surface area contributed by atoms with Crippen molar-refractivity contribution in [2.75, 3.05) is 27.8 Å². The van der Waals surface area contributed by atoms with E-state index in [1.54, 1.807) is 12.1 Å². The Balaban J connectivity index is 2.16. The Hall–Kier alpha value is -3.48. The monoisotopic (exact) mass is 406 g/mol. The van der Waals surface area contributed by atoms with Gasteiger partial charge in [-0.3, -0.25) is 0 Å². The third-order valence-corrected chi connectivity index (χ3v) is 4.86. The van der Waals surface area contributed by atoms with Gasteiger partial charge in [-0.2, -0.15) is 0 Å². The van der Waals surface area contributed by atoms with E-state index in [0.717, 1.165) is 21.5 Å². The van der Waals surface area contributed by atoms with E-state index in [1.165, 1.54) is 14.2 Å². The molecule has 6 heteroatoms. The highest BCUT2D eigenvalue weighted by molar-refractivity contribution is 6.11. The van der Waals surface area contributed by atoms with E-state index in [1.807, 2.05) is 48.5 Å². The standard InChI is InChI=1S/C24H22O6/c1-27-13-29-23-19(25)11-15-7-3-5-9-17(15)21(23)22-18-10-6-4-8-16(18)12-20(26)24(22)30-14-28-2/h3-12,25-26H,13-14H2,1-2H3. The van der Waals surface area contributed by atoms with Gasteiger partial charge in [-0.05, 0) is 33.7 Å². The molecule has 0 aliphatic carbocycles. The van der Waals surface area contributed by atoms with Crippen LogP contribution in [0.3, 0.4) is 0 Å². The van der Waals surface area contributed by atoms with Crippen molar-refractivity contribution in [2.24, 2.45) is 0 Å². The largest absolute Gasteiger partial charge is 0.504 e. The molecule has 0 fully saturated rings. The van der Waals surface area contributed by atoms with Gasteiger partial charge < -0.3 is 29.2 Å². The maximum Gasteiger partial charge on any atom is 0.188 e. The normalized spacial score (nSPS) is 11.1. The second kappa shape index (κ2) is 8.49. The number of phenols is 2. The summed E-state index contributed by atoms with van der Waals surface area (Å²) >= 11 is 0. The maximum absolute atomic E-state index is 10.8. The molecule has 0 atom stereocenters. The third kappa shape index (κ3) is 3.47. The zero-order valence-electron chi connectivity index (χ0n) is 16.7. The molecule has 0 amide bonds. The van der Waals surface area contributed by atoms with Gasteiger partial charge in [0.15, 0.2) is 36.6 Å². The summed E-state index contributed by atoms with van der Waals surface area (Å²) in [6.45, 7) is -0.103. The van der Waals surface area contributed by atoms with Crippen LogP contribution in [0.5, 0.6) is 23.0 Å². The van der Waals surface area contributed by atoms with E-state index in [-0.39, 0.29) is 36.6 Å². The van der Waals surface area contributed by atoms with Gasteiger partial charge >= 0.3 is 0 Å². The van der Waals surface area contributed by atoms with Crippen LogP contribution in [0.2, 0.25) is 0 Å². The molecule has 0 saturated carbocycles. The van der Waals surface area contributed by atoms with Crippen molar-refractivity contribution in [3.05, 3.63) is 60.7 Å². The first-order valence-corrected chi connectivity index (χ1v) is 9.39. The Kier molecular flexibility index (Phi) is 5.61. The molecule has 4 rings (SSSR count). The topological polar surface area (TPSA) is 77.4 Å². The Labute approximate surface area is 173 Å². The number of phenolic OH excluding ortho intramolecular Hbond substituents is 2. The molecule has 30 heavy (non-hydrogen) atoms. The third-order valence-electron chi connectivity index (χ3n) is 4.86. The van der Waals surface area contributed by atoms with Gasteiger partial charge in [0.05, 0.1) is 0 Å².